The summed E-state index contributed by atoms with van der Waals surface area (Å²) in [5, 5.41) is 10.2. The summed E-state index contributed by atoms with van der Waals surface area (Å²) in [7, 11) is 0. The minimum Gasteiger partial charge on any atom is -0.501 e. The summed E-state index contributed by atoms with van der Waals surface area (Å²) in [6.45, 7) is 4.81. The van der Waals surface area contributed by atoms with E-state index in [1.54, 1.807) is 26.0 Å². The molecule has 0 spiro atoms. The van der Waals surface area contributed by atoms with Crippen molar-refractivity contribution in [3.63, 3.8) is 0 Å². The number of aromatic hydroxyl groups is 1. The third-order valence-corrected chi connectivity index (χ3v) is 4.85. The standard InChI is InChI=1S/C19H20FN3O4/c1-11(24)23-10-22-17(27)16(26)15(21-18(22)19(23,2)3)14(25)9-6-12-4-7-13(20)8-5-12/h4-5,7-8,26H,6,9-10H2,1-3H3. The van der Waals surface area contributed by atoms with Gasteiger partial charge in [0.25, 0.3) is 5.56 Å². The molecule has 0 saturated heterocycles. The molecule has 1 aromatic heterocycles. The van der Waals surface area contributed by atoms with Crippen LogP contribution in [0.5, 0.6) is 5.75 Å². The molecule has 0 fully saturated rings. The van der Waals surface area contributed by atoms with E-state index < -0.39 is 22.6 Å². The number of nitrogens with zero attached hydrogens (tertiary/aromatic N) is 3. The molecular formula is C19H20FN3O4. The van der Waals surface area contributed by atoms with Crippen LogP contribution >= 0.6 is 0 Å². The van der Waals surface area contributed by atoms with Crippen LogP contribution in [-0.2, 0) is 23.4 Å². The van der Waals surface area contributed by atoms with Crippen LogP contribution in [0.15, 0.2) is 29.1 Å². The number of ketones is 1. The van der Waals surface area contributed by atoms with Gasteiger partial charge in [-0.3, -0.25) is 19.0 Å². The average Bonchev–Trinajstić information content (AvgIpc) is 2.88. The van der Waals surface area contributed by atoms with Crippen molar-refractivity contribution in [1.29, 1.82) is 0 Å². The Kier molecular flexibility index (Phi) is 4.59. The second-order valence-corrected chi connectivity index (χ2v) is 7.06. The molecular weight excluding hydrogens is 353 g/mol. The lowest BCUT2D eigenvalue weighted by molar-refractivity contribution is -0.134. The Morgan fingerprint density at radius 2 is 1.89 bits per heavy atom. The zero-order chi connectivity index (χ0) is 19.9. The number of halogens is 1. The highest BCUT2D eigenvalue weighted by atomic mass is 19.1. The maximum Gasteiger partial charge on any atom is 0.298 e. The molecule has 2 heterocycles. The van der Waals surface area contributed by atoms with Crippen LogP contribution in [0.2, 0.25) is 0 Å². The number of hydrogen-bond acceptors (Lipinski definition) is 5. The van der Waals surface area contributed by atoms with Crippen LogP contribution < -0.4 is 5.56 Å². The molecule has 1 aromatic carbocycles. The number of rotatable bonds is 4. The molecule has 0 atom stereocenters. The van der Waals surface area contributed by atoms with Gasteiger partial charge < -0.3 is 10.0 Å². The van der Waals surface area contributed by atoms with Gasteiger partial charge in [0, 0.05) is 13.3 Å². The van der Waals surface area contributed by atoms with Crippen molar-refractivity contribution in [1.82, 2.24) is 14.5 Å². The fraction of sp³-hybridized carbons (Fsp3) is 0.368. The molecule has 2 aromatic rings. The minimum atomic E-state index is -0.884. The summed E-state index contributed by atoms with van der Waals surface area (Å²) >= 11 is 0. The van der Waals surface area contributed by atoms with Crippen molar-refractivity contribution in [3.05, 3.63) is 57.5 Å². The summed E-state index contributed by atoms with van der Waals surface area (Å²) in [6, 6.07) is 5.75. The quantitative estimate of drug-likeness (QED) is 0.827. The van der Waals surface area contributed by atoms with Crippen LogP contribution in [0.25, 0.3) is 0 Å². The number of aryl methyl sites for hydroxylation is 1. The Morgan fingerprint density at radius 3 is 2.48 bits per heavy atom. The molecule has 3 rings (SSSR count). The van der Waals surface area contributed by atoms with Crippen molar-refractivity contribution in [2.45, 2.75) is 45.8 Å². The molecule has 0 saturated carbocycles. The zero-order valence-corrected chi connectivity index (χ0v) is 15.3. The second kappa shape index (κ2) is 6.61. The van der Waals surface area contributed by atoms with E-state index in [2.05, 4.69) is 4.98 Å². The van der Waals surface area contributed by atoms with E-state index in [1.165, 1.54) is 28.5 Å². The van der Waals surface area contributed by atoms with Crippen LogP contribution in [0.4, 0.5) is 4.39 Å². The van der Waals surface area contributed by atoms with Gasteiger partial charge in [0.2, 0.25) is 11.7 Å². The van der Waals surface area contributed by atoms with Gasteiger partial charge in [-0.15, -0.1) is 0 Å². The first-order chi connectivity index (χ1) is 12.6. The molecule has 1 aliphatic rings. The lowest BCUT2D eigenvalue weighted by Gasteiger charge is -2.28. The lowest BCUT2D eigenvalue weighted by Crippen LogP contribution is -2.39. The van der Waals surface area contributed by atoms with Crippen molar-refractivity contribution < 1.29 is 19.1 Å². The monoisotopic (exact) mass is 373 g/mol. The van der Waals surface area contributed by atoms with Crippen molar-refractivity contribution >= 4 is 11.7 Å². The van der Waals surface area contributed by atoms with Crippen LogP contribution in [0.1, 0.15) is 49.1 Å². The normalized spacial score (nSPS) is 14.9. The van der Waals surface area contributed by atoms with E-state index in [9.17, 15) is 23.9 Å². The summed E-state index contributed by atoms with van der Waals surface area (Å²) in [6.07, 6.45) is 0.327. The summed E-state index contributed by atoms with van der Waals surface area (Å²) in [5.74, 6) is -1.56. The average molecular weight is 373 g/mol. The van der Waals surface area contributed by atoms with E-state index in [0.717, 1.165) is 5.56 Å². The van der Waals surface area contributed by atoms with Gasteiger partial charge in [-0.05, 0) is 38.0 Å². The van der Waals surface area contributed by atoms with Crippen LogP contribution in [-0.4, -0.2) is 31.2 Å². The van der Waals surface area contributed by atoms with Gasteiger partial charge in [-0.25, -0.2) is 9.37 Å². The third kappa shape index (κ3) is 3.22. The Bertz CT molecular complexity index is 980. The molecule has 142 valence electrons. The minimum absolute atomic E-state index is 0.00589. The van der Waals surface area contributed by atoms with E-state index in [4.69, 9.17) is 0 Å². The fourth-order valence-corrected chi connectivity index (χ4v) is 3.30. The summed E-state index contributed by atoms with van der Waals surface area (Å²) in [5.41, 5.74) is -1.18. The highest BCUT2D eigenvalue weighted by Crippen LogP contribution is 2.33. The van der Waals surface area contributed by atoms with Crippen molar-refractivity contribution in [3.8, 4) is 5.75 Å². The molecule has 1 N–H and O–H groups in total. The molecule has 27 heavy (non-hydrogen) atoms. The molecule has 0 bridgehead atoms. The number of fused-ring (bicyclic) bond motifs is 1. The lowest BCUT2D eigenvalue weighted by atomic mass is 10.0. The Balaban J connectivity index is 1.91. The smallest absolute Gasteiger partial charge is 0.298 e. The highest BCUT2D eigenvalue weighted by molar-refractivity contribution is 5.96. The summed E-state index contributed by atoms with van der Waals surface area (Å²) in [4.78, 5) is 42.6. The first-order valence-corrected chi connectivity index (χ1v) is 8.53. The third-order valence-electron chi connectivity index (χ3n) is 4.85. The first-order valence-electron chi connectivity index (χ1n) is 8.53. The summed E-state index contributed by atoms with van der Waals surface area (Å²) < 4.78 is 14.2. The van der Waals surface area contributed by atoms with E-state index in [1.807, 2.05) is 0 Å². The topological polar surface area (TPSA) is 92.5 Å². The largest absolute Gasteiger partial charge is 0.501 e. The number of carbonyl (C=O) groups excluding carboxylic acids is 2. The number of benzene rings is 1. The van der Waals surface area contributed by atoms with Gasteiger partial charge in [0.15, 0.2) is 11.5 Å². The maximum atomic E-state index is 13.0. The number of Topliss-reactive ketones (excluding diaryl/α,β-unsaturated/α-hetero) is 1. The van der Waals surface area contributed by atoms with Crippen molar-refractivity contribution in [2.75, 3.05) is 0 Å². The number of aromatic nitrogens is 2. The van der Waals surface area contributed by atoms with Crippen LogP contribution in [0, 0.1) is 5.82 Å². The van der Waals surface area contributed by atoms with Crippen molar-refractivity contribution in [2.24, 2.45) is 0 Å². The molecule has 0 unspecified atom stereocenters. The molecule has 0 radical (unpaired) electrons. The number of hydrogen-bond donors (Lipinski definition) is 1. The molecule has 1 aliphatic heterocycles. The Labute approximate surface area is 155 Å². The Morgan fingerprint density at radius 1 is 1.26 bits per heavy atom. The predicted octanol–water partition coefficient (Wildman–Crippen LogP) is 1.96. The van der Waals surface area contributed by atoms with E-state index >= 15 is 0 Å². The van der Waals surface area contributed by atoms with Gasteiger partial charge in [-0.2, -0.15) is 0 Å². The Hall–Kier alpha value is -3.03. The number of amides is 1. The van der Waals surface area contributed by atoms with Crippen LogP contribution in [0.3, 0.4) is 0 Å². The molecule has 7 nitrogen and oxygen atoms in total. The molecule has 0 aliphatic carbocycles. The maximum absolute atomic E-state index is 13.0. The van der Waals surface area contributed by atoms with Gasteiger partial charge in [-0.1, -0.05) is 12.1 Å². The van der Waals surface area contributed by atoms with E-state index in [-0.39, 0.29) is 36.3 Å². The zero-order valence-electron chi connectivity index (χ0n) is 15.3. The van der Waals surface area contributed by atoms with E-state index in [0.29, 0.717) is 6.42 Å². The first kappa shape index (κ1) is 18.8. The fourth-order valence-electron chi connectivity index (χ4n) is 3.30. The predicted molar refractivity (Wildman–Crippen MR) is 94.8 cm³/mol. The SMILES string of the molecule is CC(=O)N1Cn2c(nc(C(=O)CCc3ccc(F)cc3)c(O)c2=O)C1(C)C. The highest BCUT2D eigenvalue weighted by Gasteiger charge is 2.42. The molecule has 8 heteroatoms. The van der Waals surface area contributed by atoms with Gasteiger partial charge in [0.1, 0.15) is 18.3 Å². The van der Waals surface area contributed by atoms with Gasteiger partial charge in [0.05, 0.1) is 5.54 Å². The van der Waals surface area contributed by atoms with Gasteiger partial charge >= 0.3 is 0 Å². The molecule has 1 amide bonds. The number of carbonyl (C=O) groups is 2. The second-order valence-electron chi connectivity index (χ2n) is 7.06.